The molecule has 5 N–H and O–H groups in total. The van der Waals surface area contributed by atoms with E-state index in [9.17, 15) is 42.3 Å². The van der Waals surface area contributed by atoms with Gasteiger partial charge in [-0.1, -0.05) is 24.3 Å². The Labute approximate surface area is 358 Å². The number of hydrogen-bond donors (Lipinski definition) is 5. The van der Waals surface area contributed by atoms with Crippen molar-refractivity contribution in [2.75, 3.05) is 60.3 Å². The number of methoxy groups -OCH3 is 2. The molecule has 2 fully saturated rings. The highest BCUT2D eigenvalue weighted by atomic mass is 19.3. The van der Waals surface area contributed by atoms with Gasteiger partial charge in [0.25, 0.3) is 11.8 Å². The minimum atomic E-state index is -3.47. The lowest BCUT2D eigenvalue weighted by Crippen LogP contribution is -2.51. The number of nitrogens with zero attached hydrogens (tertiary/aromatic N) is 2. The number of halogens is 2. The van der Waals surface area contributed by atoms with Crippen LogP contribution in [0.15, 0.2) is 36.4 Å². The van der Waals surface area contributed by atoms with E-state index in [4.69, 9.17) is 26.9 Å². The van der Waals surface area contributed by atoms with Gasteiger partial charge in [-0.15, -0.1) is 0 Å². The molecule has 0 saturated carbocycles. The Morgan fingerprint density at radius 2 is 1.66 bits per heavy atom. The number of alkyl halides is 2. The zero-order valence-electron chi connectivity index (χ0n) is 34.7. The Hall–Kier alpha value is -5.67. The number of hydrogen-bond acceptors (Lipinski definition) is 12. The van der Waals surface area contributed by atoms with Gasteiger partial charge in [0.1, 0.15) is 12.1 Å². The van der Waals surface area contributed by atoms with Gasteiger partial charge in [-0.25, -0.2) is 8.78 Å². The van der Waals surface area contributed by atoms with Gasteiger partial charge in [0.05, 0.1) is 40.5 Å². The van der Waals surface area contributed by atoms with Gasteiger partial charge in [-0.05, 0) is 47.2 Å². The number of ether oxygens (including phenoxy) is 4. The Kier molecular flexibility index (Phi) is 17.1. The average Bonchev–Trinajstić information content (AvgIpc) is 3.97. The van der Waals surface area contributed by atoms with E-state index in [1.807, 2.05) is 18.2 Å². The van der Waals surface area contributed by atoms with Crippen LogP contribution in [0.5, 0.6) is 11.5 Å². The molecule has 3 aliphatic rings. The van der Waals surface area contributed by atoms with E-state index in [1.54, 1.807) is 23.1 Å². The molecular formula is C41H52BF2N7O11. The van der Waals surface area contributed by atoms with Gasteiger partial charge in [0, 0.05) is 71.1 Å². The second-order valence-corrected chi connectivity index (χ2v) is 15.1. The number of Topliss-reactive ketones (excluding diaryl/α,β-unsaturated/α-hetero) is 1. The zero-order valence-corrected chi connectivity index (χ0v) is 34.7. The lowest BCUT2D eigenvalue weighted by atomic mass is 10.00. The van der Waals surface area contributed by atoms with Gasteiger partial charge in [-0.3, -0.25) is 33.6 Å². The van der Waals surface area contributed by atoms with Crippen molar-refractivity contribution in [1.29, 1.82) is 0 Å². The molecule has 2 aromatic rings. The van der Waals surface area contributed by atoms with Crippen molar-refractivity contribution in [1.82, 2.24) is 36.3 Å². The maximum atomic E-state index is 14.5. The number of benzene rings is 2. The lowest BCUT2D eigenvalue weighted by molar-refractivity contribution is -0.144. The third kappa shape index (κ3) is 12.9. The number of nitrogens with one attached hydrogen (secondary N) is 5. The summed E-state index contributed by atoms with van der Waals surface area (Å²) >= 11 is 0. The van der Waals surface area contributed by atoms with Crippen LogP contribution in [0.2, 0.25) is 0 Å². The third-order valence-corrected chi connectivity index (χ3v) is 10.7. The molecule has 0 aliphatic carbocycles. The number of amides is 6. The van der Waals surface area contributed by atoms with Crippen molar-refractivity contribution >= 4 is 49.2 Å². The van der Waals surface area contributed by atoms with E-state index in [2.05, 4.69) is 26.5 Å². The van der Waals surface area contributed by atoms with Crippen LogP contribution in [0.1, 0.15) is 54.4 Å². The molecule has 62 heavy (non-hydrogen) atoms. The van der Waals surface area contributed by atoms with E-state index >= 15 is 0 Å². The maximum absolute atomic E-state index is 14.5. The predicted octanol–water partition coefficient (Wildman–Crippen LogP) is -0.219. The second kappa shape index (κ2) is 22.4. The standard InChI is InChI=1S/C41H52BF2N7O11/c1-59-32-8-7-25(15-33(32)60-2)19-46-40(58)37(55)31-18-41(43,44)24-51(31)36(54)21-47-39(57)30-16-28(38(56)49-30)17-35(53)50-22-27-6-3-5-26(29(27)23-50)20-45-34(52)9-13-61-11-4-12-62-14-10-48-42/h3,5-8,15,28,30-31,48H,4,9-14,16-24H2,1-2H3,(H,45,52)(H,46,58)(H,47,57)(H,49,56)/t28-,30-,31?/m0/s1. The Morgan fingerprint density at radius 1 is 0.903 bits per heavy atom. The Morgan fingerprint density at radius 3 is 2.40 bits per heavy atom. The van der Waals surface area contributed by atoms with Crippen LogP contribution in [-0.2, 0) is 69.2 Å². The Bertz CT molecular complexity index is 1980. The minimum Gasteiger partial charge on any atom is -0.493 e. The second-order valence-electron chi connectivity index (χ2n) is 15.1. The molecule has 2 aromatic carbocycles. The number of rotatable bonds is 23. The van der Waals surface area contributed by atoms with Crippen LogP contribution in [0.4, 0.5) is 8.78 Å². The van der Waals surface area contributed by atoms with E-state index in [1.165, 1.54) is 14.2 Å². The van der Waals surface area contributed by atoms with Crippen molar-refractivity contribution in [3.05, 3.63) is 58.7 Å². The van der Waals surface area contributed by atoms with Crippen LogP contribution in [0.3, 0.4) is 0 Å². The number of likely N-dealkylation sites (tertiary alicyclic amines) is 1. The van der Waals surface area contributed by atoms with Crippen LogP contribution in [-0.4, -0.2) is 137 Å². The summed E-state index contributed by atoms with van der Waals surface area (Å²) in [6.45, 7) is 1.07. The normalized spacial score (nSPS) is 18.8. The molecule has 2 radical (unpaired) electrons. The number of ketones is 1. The molecule has 0 bridgehead atoms. The van der Waals surface area contributed by atoms with Gasteiger partial charge >= 0.3 is 0 Å². The van der Waals surface area contributed by atoms with Gasteiger partial charge in [0.15, 0.2) is 19.5 Å². The molecule has 21 heteroatoms. The van der Waals surface area contributed by atoms with Gasteiger partial charge < -0.3 is 55.2 Å². The van der Waals surface area contributed by atoms with Crippen LogP contribution in [0, 0.1) is 5.92 Å². The summed E-state index contributed by atoms with van der Waals surface area (Å²) in [5.41, 5.74) is 3.19. The smallest absolute Gasteiger partial charge is 0.289 e. The fourth-order valence-corrected chi connectivity index (χ4v) is 7.42. The summed E-state index contributed by atoms with van der Waals surface area (Å²) < 4.78 is 50.4. The average molecular weight is 868 g/mol. The third-order valence-electron chi connectivity index (χ3n) is 10.7. The highest BCUT2D eigenvalue weighted by molar-refractivity contribution is 6.38. The molecule has 1 unspecified atom stereocenters. The SMILES string of the molecule is [B]NCCOCCCOCCC(=O)NCc1cccc2c1CN(C(=O)C[C@@H]1C[C@@H](C(=O)NCC(=O)N3CC(F)(F)CC3C(=O)C(=O)NCc3ccc(OC)c(OC)c3)NC1=O)C2. The lowest BCUT2D eigenvalue weighted by Gasteiger charge is -2.23. The fourth-order valence-electron chi connectivity index (χ4n) is 7.42. The molecule has 3 atom stereocenters. The van der Waals surface area contributed by atoms with Crippen LogP contribution < -0.4 is 36.0 Å². The minimum absolute atomic E-state index is 0.0597. The van der Waals surface area contributed by atoms with Crippen molar-refractivity contribution in [2.24, 2.45) is 5.92 Å². The van der Waals surface area contributed by atoms with Crippen molar-refractivity contribution < 1.29 is 61.3 Å². The number of carbonyl (C=O) groups excluding carboxylic acids is 7. The molecule has 5 rings (SSSR count). The summed E-state index contributed by atoms with van der Waals surface area (Å²) in [7, 11) is 8.05. The first-order valence-electron chi connectivity index (χ1n) is 20.2. The summed E-state index contributed by atoms with van der Waals surface area (Å²) in [6, 6.07) is 7.49. The molecule has 0 aromatic heterocycles. The van der Waals surface area contributed by atoms with Gasteiger partial charge in [-0.2, -0.15) is 0 Å². The first-order valence-corrected chi connectivity index (χ1v) is 20.2. The quantitative estimate of drug-likeness (QED) is 0.0556. The topological polar surface area (TPSA) is 223 Å². The molecular weight excluding hydrogens is 815 g/mol. The fraction of sp³-hybridized carbons (Fsp3) is 0.537. The van der Waals surface area contributed by atoms with E-state index in [0.717, 1.165) is 16.7 Å². The Balaban J connectivity index is 1.04. The largest absolute Gasteiger partial charge is 0.493 e. The molecule has 0 spiro atoms. The van der Waals surface area contributed by atoms with E-state index in [-0.39, 0.29) is 57.3 Å². The van der Waals surface area contributed by atoms with Crippen molar-refractivity contribution in [3.8, 4) is 11.5 Å². The maximum Gasteiger partial charge on any atom is 0.289 e. The van der Waals surface area contributed by atoms with Crippen molar-refractivity contribution in [3.63, 3.8) is 0 Å². The van der Waals surface area contributed by atoms with E-state index < -0.39 is 72.8 Å². The summed E-state index contributed by atoms with van der Waals surface area (Å²) in [6.07, 6.45) is -0.455. The highest BCUT2D eigenvalue weighted by Crippen LogP contribution is 2.33. The molecule has 6 amide bonds. The van der Waals surface area contributed by atoms with Crippen LogP contribution in [0.25, 0.3) is 0 Å². The summed E-state index contributed by atoms with van der Waals surface area (Å²) in [4.78, 5) is 92.9. The number of fused-ring (bicyclic) bond motifs is 1. The number of carbonyl (C=O) groups is 7. The molecule has 334 valence electrons. The summed E-state index contributed by atoms with van der Waals surface area (Å²) in [5.74, 6) is -8.77. The molecule has 3 aliphatic heterocycles. The van der Waals surface area contributed by atoms with Crippen LogP contribution >= 0.6 is 0 Å². The molecule has 18 nitrogen and oxygen atoms in total. The van der Waals surface area contributed by atoms with E-state index in [0.29, 0.717) is 61.3 Å². The first-order chi connectivity index (χ1) is 29.7. The van der Waals surface area contributed by atoms with Gasteiger partial charge in [0.2, 0.25) is 35.3 Å². The van der Waals surface area contributed by atoms with Crippen molar-refractivity contribution in [2.45, 2.75) is 76.3 Å². The highest BCUT2D eigenvalue weighted by Gasteiger charge is 2.51. The first kappa shape index (κ1) is 47.4. The molecule has 3 heterocycles. The monoisotopic (exact) mass is 867 g/mol. The zero-order chi connectivity index (χ0) is 44.8. The predicted molar refractivity (Wildman–Crippen MR) is 216 cm³/mol. The summed E-state index contributed by atoms with van der Waals surface area (Å²) in [5, 5.41) is 12.6. The molecule has 2 saturated heterocycles.